The Bertz CT molecular complexity index is 931. The van der Waals surface area contributed by atoms with Crippen molar-refractivity contribution in [2.24, 2.45) is 16.7 Å². The fraction of sp³-hybridized carbons (Fsp3) is 0.654. The second-order valence-corrected chi connectivity index (χ2v) is 10.3. The minimum absolute atomic E-state index is 0.107. The van der Waals surface area contributed by atoms with Crippen molar-refractivity contribution in [3.63, 3.8) is 0 Å². The number of hydrogen-bond donors (Lipinski definition) is 2. The predicted molar refractivity (Wildman–Crippen MR) is 123 cm³/mol. The minimum atomic E-state index is -1.75. The predicted octanol–water partition coefficient (Wildman–Crippen LogP) is 2.77. The summed E-state index contributed by atoms with van der Waals surface area (Å²) in [5, 5.41) is 23.3. The summed E-state index contributed by atoms with van der Waals surface area (Å²) in [4.78, 5) is 36.3. The summed E-state index contributed by atoms with van der Waals surface area (Å²) in [7, 11) is 0. The van der Waals surface area contributed by atoms with Crippen molar-refractivity contribution in [3.05, 3.63) is 36.0 Å². The zero-order valence-corrected chi connectivity index (χ0v) is 20.6. The van der Waals surface area contributed by atoms with Crippen LogP contribution in [0.15, 0.2) is 36.0 Å². The molecule has 2 N–H and O–H groups in total. The van der Waals surface area contributed by atoms with Crippen LogP contribution in [0.4, 0.5) is 0 Å². The molecule has 8 heteroatoms. The van der Waals surface area contributed by atoms with Crippen LogP contribution < -0.4 is 0 Å². The van der Waals surface area contributed by atoms with Gasteiger partial charge in [-0.05, 0) is 31.8 Å². The van der Waals surface area contributed by atoms with E-state index in [1.807, 2.05) is 13.8 Å². The zero-order chi connectivity index (χ0) is 25.5. The molecule has 2 aliphatic carbocycles. The Kier molecular flexibility index (Phi) is 7.16. The lowest BCUT2D eigenvalue weighted by Crippen LogP contribution is -2.74. The van der Waals surface area contributed by atoms with E-state index in [1.165, 1.54) is 19.9 Å². The van der Waals surface area contributed by atoms with E-state index in [0.717, 1.165) is 5.57 Å². The molecule has 0 amide bonds. The molecule has 7 atom stereocenters. The van der Waals surface area contributed by atoms with Crippen molar-refractivity contribution in [2.75, 3.05) is 6.61 Å². The monoisotopic (exact) mass is 476 g/mol. The highest BCUT2D eigenvalue weighted by Gasteiger charge is 2.71. The molecule has 1 aliphatic heterocycles. The second-order valence-electron chi connectivity index (χ2n) is 10.3. The van der Waals surface area contributed by atoms with E-state index in [-0.39, 0.29) is 13.0 Å². The van der Waals surface area contributed by atoms with Gasteiger partial charge in [0.05, 0.1) is 6.10 Å². The summed E-state index contributed by atoms with van der Waals surface area (Å²) in [5.74, 6) is -2.18. The van der Waals surface area contributed by atoms with Gasteiger partial charge in [0.25, 0.3) is 0 Å². The molecule has 3 aliphatic rings. The normalized spacial score (nSPS) is 39.9. The molecule has 0 bridgehead atoms. The molecule has 8 nitrogen and oxygen atoms in total. The first-order valence-electron chi connectivity index (χ1n) is 11.8. The summed E-state index contributed by atoms with van der Waals surface area (Å²) >= 11 is 0. The van der Waals surface area contributed by atoms with Gasteiger partial charge >= 0.3 is 17.9 Å². The molecule has 0 aromatic carbocycles. The van der Waals surface area contributed by atoms with Crippen molar-refractivity contribution >= 4 is 17.9 Å². The van der Waals surface area contributed by atoms with Gasteiger partial charge in [0.1, 0.15) is 12.2 Å². The molecule has 0 radical (unpaired) electrons. The first-order chi connectivity index (χ1) is 15.8. The lowest BCUT2D eigenvalue weighted by atomic mass is 9.43. The van der Waals surface area contributed by atoms with Gasteiger partial charge < -0.3 is 24.4 Å². The molecule has 188 valence electrons. The maximum absolute atomic E-state index is 12.6. The van der Waals surface area contributed by atoms with E-state index in [1.54, 1.807) is 19.1 Å². The second kappa shape index (κ2) is 9.30. The van der Waals surface area contributed by atoms with Crippen LogP contribution in [-0.4, -0.2) is 58.6 Å². The lowest BCUT2D eigenvalue weighted by molar-refractivity contribution is -0.280. The molecular weight excluding hydrogens is 440 g/mol. The van der Waals surface area contributed by atoms with E-state index >= 15 is 0 Å². The number of ether oxygens (including phenoxy) is 3. The van der Waals surface area contributed by atoms with Crippen LogP contribution in [0, 0.1) is 16.7 Å². The third kappa shape index (κ3) is 4.22. The van der Waals surface area contributed by atoms with Crippen molar-refractivity contribution in [3.8, 4) is 0 Å². The summed E-state index contributed by atoms with van der Waals surface area (Å²) in [6.07, 6.45) is 3.31. The zero-order valence-electron chi connectivity index (χ0n) is 20.6. The Balaban J connectivity index is 2.21. The number of fused-ring (bicyclic) bond motifs is 1. The van der Waals surface area contributed by atoms with Crippen LogP contribution in [0.2, 0.25) is 0 Å². The third-order valence-corrected chi connectivity index (χ3v) is 8.02. The molecule has 2 fully saturated rings. The topological polar surface area (TPSA) is 119 Å². The number of cyclic esters (lactones) is 1. The number of rotatable bonds is 6. The van der Waals surface area contributed by atoms with Crippen LogP contribution >= 0.6 is 0 Å². The van der Waals surface area contributed by atoms with Crippen LogP contribution in [0.25, 0.3) is 0 Å². The van der Waals surface area contributed by atoms with E-state index in [2.05, 4.69) is 6.58 Å². The molecule has 0 spiro atoms. The van der Waals surface area contributed by atoms with E-state index in [4.69, 9.17) is 14.2 Å². The van der Waals surface area contributed by atoms with Gasteiger partial charge in [0.2, 0.25) is 0 Å². The van der Waals surface area contributed by atoms with Gasteiger partial charge in [-0.1, -0.05) is 45.1 Å². The highest BCUT2D eigenvalue weighted by atomic mass is 16.6. The average molecular weight is 477 g/mol. The number of aliphatic hydroxyl groups excluding tert-OH is 1. The number of aliphatic hydroxyl groups is 2. The molecule has 2 saturated carbocycles. The van der Waals surface area contributed by atoms with Crippen molar-refractivity contribution < 1.29 is 38.8 Å². The SMILES string of the molecule is C=C1CC[C@@H](O)[C@H]2[C@@]1(C)[C@@H](OC(C)=O)[C@H](OC(=O)CCC)[C@](C)(O)[C@@]2(C)/C=C/C1=CC(=O)OC1. The van der Waals surface area contributed by atoms with Gasteiger partial charge in [-0.25, -0.2) is 4.79 Å². The van der Waals surface area contributed by atoms with Crippen molar-refractivity contribution in [2.45, 2.75) is 84.2 Å². The Morgan fingerprint density at radius 2 is 1.94 bits per heavy atom. The molecule has 0 unspecified atom stereocenters. The largest absolute Gasteiger partial charge is 0.458 e. The molecule has 34 heavy (non-hydrogen) atoms. The van der Waals surface area contributed by atoms with Crippen LogP contribution in [-0.2, 0) is 28.6 Å². The minimum Gasteiger partial charge on any atom is -0.458 e. The highest BCUT2D eigenvalue weighted by molar-refractivity contribution is 5.86. The molecule has 3 rings (SSSR count). The van der Waals surface area contributed by atoms with E-state index < -0.39 is 58.6 Å². The summed E-state index contributed by atoms with van der Waals surface area (Å²) in [6, 6.07) is 0. The van der Waals surface area contributed by atoms with Gasteiger partial charge in [0.15, 0.2) is 12.2 Å². The quantitative estimate of drug-likeness (QED) is 0.341. The highest BCUT2D eigenvalue weighted by Crippen LogP contribution is 2.64. The standard InChI is InChI=1S/C26H36O8/c1-7-8-19(29)34-23-22(33-16(3)27)25(5)15(2)9-10-18(28)21(25)24(4,26(23,6)31)12-11-17-13-20(30)32-14-17/h11-13,18,21-23,28,31H,2,7-10,14H2,1,3-6H3/b12-11+/t18-,21-,22+,23+,24+,25+,26+/m1/s1. The number of hydrogen-bond acceptors (Lipinski definition) is 8. The van der Waals surface area contributed by atoms with Crippen LogP contribution in [0.5, 0.6) is 0 Å². The van der Waals surface area contributed by atoms with Crippen molar-refractivity contribution in [1.29, 1.82) is 0 Å². The molecule has 1 heterocycles. The fourth-order valence-corrected chi connectivity index (χ4v) is 5.99. The van der Waals surface area contributed by atoms with Gasteiger partial charge in [-0.15, -0.1) is 0 Å². The fourth-order valence-electron chi connectivity index (χ4n) is 5.99. The molecular formula is C26H36O8. The maximum Gasteiger partial charge on any atom is 0.331 e. The third-order valence-electron chi connectivity index (χ3n) is 8.02. The lowest BCUT2D eigenvalue weighted by Gasteiger charge is -2.65. The van der Waals surface area contributed by atoms with Gasteiger partial charge in [0, 0.05) is 36.2 Å². The van der Waals surface area contributed by atoms with E-state index in [9.17, 15) is 24.6 Å². The number of carbonyl (C=O) groups is 3. The summed E-state index contributed by atoms with van der Waals surface area (Å²) in [5.41, 5.74) is -2.54. The van der Waals surface area contributed by atoms with Crippen LogP contribution in [0.1, 0.15) is 60.3 Å². The van der Waals surface area contributed by atoms with E-state index in [0.29, 0.717) is 24.8 Å². The first-order valence-corrected chi connectivity index (χ1v) is 11.8. The average Bonchev–Trinajstić information content (AvgIpc) is 3.16. The first kappa shape index (κ1) is 26.2. The smallest absolute Gasteiger partial charge is 0.331 e. The maximum atomic E-state index is 12.6. The van der Waals surface area contributed by atoms with Gasteiger partial charge in [-0.2, -0.15) is 0 Å². The molecule has 0 saturated heterocycles. The molecule has 0 aromatic rings. The molecule has 0 aromatic heterocycles. The Morgan fingerprint density at radius 3 is 2.50 bits per heavy atom. The summed E-state index contributed by atoms with van der Waals surface area (Å²) < 4.78 is 16.6. The Labute approximate surface area is 200 Å². The van der Waals surface area contributed by atoms with Crippen molar-refractivity contribution in [1.82, 2.24) is 0 Å². The summed E-state index contributed by atoms with van der Waals surface area (Å²) in [6.45, 7) is 12.6. The Hall–Kier alpha value is -2.45. The number of carbonyl (C=O) groups excluding carboxylic acids is 3. The Morgan fingerprint density at radius 1 is 1.26 bits per heavy atom. The van der Waals surface area contributed by atoms with Crippen LogP contribution in [0.3, 0.4) is 0 Å². The number of esters is 3. The van der Waals surface area contributed by atoms with Gasteiger partial charge in [-0.3, -0.25) is 9.59 Å².